The minimum Gasteiger partial charge on any atom is -0.392 e. The van der Waals surface area contributed by atoms with Crippen LogP contribution in [0.15, 0.2) is 65.7 Å². The number of thiocarbonyl (C=S) groups is 2. The van der Waals surface area contributed by atoms with Gasteiger partial charge in [0.05, 0.1) is 30.4 Å². The minimum absolute atomic E-state index is 0.0409. The van der Waals surface area contributed by atoms with Gasteiger partial charge in [-0.05, 0) is 104 Å². The first-order chi connectivity index (χ1) is 20.0. The third-order valence-corrected chi connectivity index (χ3v) is 8.02. The Morgan fingerprint density at radius 1 is 1.14 bits per heavy atom. The average Bonchev–Trinajstić information content (AvgIpc) is 3.20. The number of nitriles is 1. The molecule has 2 N–H and O–H groups in total. The van der Waals surface area contributed by atoms with Gasteiger partial charge in [0.25, 0.3) is 0 Å². The Balaban J connectivity index is 1.60. The SMILES string of the molecule is [C-]#[N+]c1ccc(N2C(=S)N(c3ccc(CO)cc3)C3(CCC3)/C2=N\C(=S)Nc2ccc(C#N)c(C(F)(F)F)c2)cc1C. The number of aliphatic hydroxyl groups is 1. The first-order valence-corrected chi connectivity index (χ1v) is 13.7. The van der Waals surface area contributed by atoms with Crippen LogP contribution in [0.3, 0.4) is 0 Å². The number of anilines is 3. The smallest absolute Gasteiger partial charge is 0.392 e. The Morgan fingerprint density at radius 3 is 2.38 bits per heavy atom. The molecule has 2 aliphatic rings. The number of aliphatic imine (C=N–C) groups is 1. The highest BCUT2D eigenvalue weighted by molar-refractivity contribution is 7.81. The van der Waals surface area contributed by atoms with Gasteiger partial charge in [-0.3, -0.25) is 4.90 Å². The summed E-state index contributed by atoms with van der Waals surface area (Å²) >= 11 is 11.6. The summed E-state index contributed by atoms with van der Waals surface area (Å²) in [5, 5.41) is 21.8. The number of aliphatic hydroxyl groups excluding tert-OH is 1. The Morgan fingerprint density at radius 2 is 1.83 bits per heavy atom. The number of rotatable bonds is 4. The second-order valence-electron chi connectivity index (χ2n) is 9.98. The number of nitrogens with one attached hydrogen (secondary N) is 1. The molecule has 5 rings (SSSR count). The van der Waals surface area contributed by atoms with Crippen LogP contribution < -0.4 is 15.1 Å². The monoisotopic (exact) mass is 604 g/mol. The molecule has 3 aromatic carbocycles. The van der Waals surface area contributed by atoms with Crippen molar-refractivity contribution < 1.29 is 18.3 Å². The van der Waals surface area contributed by atoms with Crippen molar-refractivity contribution >= 4 is 63.2 Å². The highest BCUT2D eigenvalue weighted by Crippen LogP contribution is 2.49. The van der Waals surface area contributed by atoms with Gasteiger partial charge >= 0.3 is 6.18 Å². The number of hydrogen-bond donors (Lipinski definition) is 2. The van der Waals surface area contributed by atoms with Gasteiger partial charge in [-0.1, -0.05) is 18.2 Å². The molecule has 0 bridgehead atoms. The largest absolute Gasteiger partial charge is 0.417 e. The van der Waals surface area contributed by atoms with Gasteiger partial charge in [0.1, 0.15) is 11.4 Å². The summed E-state index contributed by atoms with van der Waals surface area (Å²) in [6.07, 6.45) is -2.44. The molecule has 2 fully saturated rings. The lowest BCUT2D eigenvalue weighted by Crippen LogP contribution is -2.55. The minimum atomic E-state index is -4.72. The molecule has 0 amide bonds. The van der Waals surface area contributed by atoms with E-state index in [0.717, 1.165) is 35.4 Å². The number of nitrogens with zero attached hydrogens (tertiary/aromatic N) is 5. The zero-order valence-corrected chi connectivity index (χ0v) is 23.9. The second-order valence-corrected chi connectivity index (χ2v) is 10.7. The molecule has 1 spiro atoms. The molecule has 1 heterocycles. The Kier molecular flexibility index (Phi) is 7.73. The first kappa shape index (κ1) is 29.1. The van der Waals surface area contributed by atoms with Gasteiger partial charge < -0.3 is 15.3 Å². The normalized spacial score (nSPS) is 16.7. The summed E-state index contributed by atoms with van der Waals surface area (Å²) in [5.41, 5.74) is 1.26. The fourth-order valence-electron chi connectivity index (χ4n) is 5.24. The Bertz CT molecular complexity index is 1700. The van der Waals surface area contributed by atoms with Crippen LogP contribution >= 0.6 is 24.4 Å². The molecule has 1 aliphatic carbocycles. The quantitative estimate of drug-likeness (QED) is 0.240. The van der Waals surface area contributed by atoms with E-state index in [1.54, 1.807) is 23.1 Å². The highest BCUT2D eigenvalue weighted by Gasteiger charge is 2.58. The number of alkyl halides is 3. The predicted octanol–water partition coefficient (Wildman–Crippen LogP) is 7.26. The molecular formula is C30H23F3N6OS2. The van der Waals surface area contributed by atoms with E-state index in [1.807, 2.05) is 42.2 Å². The van der Waals surface area contributed by atoms with Crippen LogP contribution in [-0.4, -0.2) is 26.7 Å². The van der Waals surface area contributed by atoms with Crippen LogP contribution in [0.1, 0.15) is 41.5 Å². The van der Waals surface area contributed by atoms with Gasteiger partial charge in [0.15, 0.2) is 15.9 Å². The fraction of sp³-hybridized carbons (Fsp3) is 0.233. The van der Waals surface area contributed by atoms with Crippen molar-refractivity contribution in [1.82, 2.24) is 0 Å². The van der Waals surface area contributed by atoms with Crippen molar-refractivity contribution in [2.45, 2.75) is 44.5 Å². The number of hydrogen-bond acceptors (Lipinski definition) is 4. The number of benzene rings is 3. The zero-order chi connectivity index (χ0) is 30.2. The van der Waals surface area contributed by atoms with Gasteiger partial charge in [-0.15, -0.1) is 0 Å². The molecule has 0 atom stereocenters. The van der Waals surface area contributed by atoms with Gasteiger partial charge in [0.2, 0.25) is 0 Å². The molecule has 0 radical (unpaired) electrons. The summed E-state index contributed by atoms with van der Waals surface area (Å²) in [6.45, 7) is 9.15. The maximum absolute atomic E-state index is 13.6. The molecular weight excluding hydrogens is 581 g/mol. The molecule has 7 nitrogen and oxygen atoms in total. The van der Waals surface area contributed by atoms with Gasteiger partial charge in [-0.25, -0.2) is 9.84 Å². The first-order valence-electron chi connectivity index (χ1n) is 12.9. The van der Waals surface area contributed by atoms with E-state index < -0.39 is 22.8 Å². The van der Waals surface area contributed by atoms with Gasteiger partial charge in [0, 0.05) is 17.1 Å². The van der Waals surface area contributed by atoms with E-state index in [-0.39, 0.29) is 17.4 Å². The van der Waals surface area contributed by atoms with Crippen LogP contribution in [0.2, 0.25) is 0 Å². The lowest BCUT2D eigenvalue weighted by Gasteiger charge is -2.44. The topological polar surface area (TPSA) is 79.2 Å². The van der Waals surface area contributed by atoms with Crippen molar-refractivity contribution in [2.75, 3.05) is 15.1 Å². The maximum Gasteiger partial charge on any atom is 0.417 e. The van der Waals surface area contributed by atoms with Crippen LogP contribution in [0, 0.1) is 24.8 Å². The zero-order valence-electron chi connectivity index (χ0n) is 22.2. The van der Waals surface area contributed by atoms with E-state index in [0.29, 0.717) is 35.2 Å². The number of halogens is 3. The summed E-state index contributed by atoms with van der Waals surface area (Å²) in [5.74, 6) is 0.516. The van der Waals surface area contributed by atoms with E-state index in [4.69, 9.17) is 41.3 Å². The fourth-order valence-corrected chi connectivity index (χ4v) is 5.92. The summed E-state index contributed by atoms with van der Waals surface area (Å²) in [7, 11) is 0. The van der Waals surface area contributed by atoms with E-state index in [9.17, 15) is 18.3 Å². The lowest BCUT2D eigenvalue weighted by atomic mass is 9.74. The van der Waals surface area contributed by atoms with E-state index in [2.05, 4.69) is 10.2 Å². The third-order valence-electron chi connectivity index (χ3n) is 7.46. The van der Waals surface area contributed by atoms with E-state index in [1.165, 1.54) is 6.07 Å². The molecule has 212 valence electrons. The average molecular weight is 605 g/mol. The van der Waals surface area contributed by atoms with Gasteiger partial charge in [-0.2, -0.15) is 18.4 Å². The van der Waals surface area contributed by atoms with Crippen LogP contribution in [0.5, 0.6) is 0 Å². The molecule has 0 unspecified atom stereocenters. The molecule has 0 aromatic heterocycles. The van der Waals surface area contributed by atoms with Crippen molar-refractivity contribution in [3.05, 3.63) is 94.3 Å². The highest BCUT2D eigenvalue weighted by atomic mass is 32.1. The van der Waals surface area contributed by atoms with Crippen LogP contribution in [-0.2, 0) is 12.8 Å². The molecule has 12 heteroatoms. The van der Waals surface area contributed by atoms with Crippen molar-refractivity contribution in [3.8, 4) is 6.07 Å². The molecule has 1 saturated carbocycles. The van der Waals surface area contributed by atoms with Crippen molar-refractivity contribution in [3.63, 3.8) is 0 Å². The molecule has 42 heavy (non-hydrogen) atoms. The van der Waals surface area contributed by atoms with E-state index >= 15 is 0 Å². The molecule has 1 saturated heterocycles. The Labute approximate surface area is 251 Å². The third kappa shape index (κ3) is 5.09. The number of amidine groups is 1. The molecule has 3 aromatic rings. The number of aryl methyl sites for hydroxylation is 1. The van der Waals surface area contributed by atoms with Crippen LogP contribution in [0.25, 0.3) is 4.85 Å². The lowest BCUT2D eigenvalue weighted by molar-refractivity contribution is -0.137. The van der Waals surface area contributed by atoms with Crippen molar-refractivity contribution in [1.29, 1.82) is 5.26 Å². The molecule has 1 aliphatic heterocycles. The summed E-state index contributed by atoms with van der Waals surface area (Å²) < 4.78 is 40.7. The predicted molar refractivity (Wildman–Crippen MR) is 164 cm³/mol. The maximum atomic E-state index is 13.6. The van der Waals surface area contributed by atoms with Crippen molar-refractivity contribution in [2.24, 2.45) is 4.99 Å². The second kappa shape index (κ2) is 11.1. The Hall–Kier alpha value is -4.36. The van der Waals surface area contributed by atoms with Crippen LogP contribution in [0.4, 0.5) is 35.9 Å². The summed E-state index contributed by atoms with van der Waals surface area (Å²) in [4.78, 5) is 12.1. The standard InChI is InChI=1S/C30H23F3N6OS2/c1-18-14-23(10-11-25(18)35-2)38-26(37-27(41)36-21-7-6-20(16-34)24(15-21)30(31,32)33)29(12-3-13-29)39(28(38)42)22-8-4-19(17-40)5-9-22/h4-11,14-15,40H,3,12-13,17H2,1H3,(H,36,41)/b37-26+. The summed E-state index contributed by atoms with van der Waals surface area (Å²) in [6, 6.07) is 17.5.